The Morgan fingerprint density at radius 2 is 1.89 bits per heavy atom. The number of aromatic nitrogens is 2. The zero-order valence-electron chi connectivity index (χ0n) is 21.1. The summed E-state index contributed by atoms with van der Waals surface area (Å²) in [6, 6.07) is 18.4. The number of carbonyl (C=O) groups is 1. The fourth-order valence-electron chi connectivity index (χ4n) is 4.62. The molecule has 1 fully saturated rings. The molecule has 0 atom stereocenters. The van der Waals surface area contributed by atoms with Gasteiger partial charge in [-0.15, -0.1) is 11.3 Å². The molecular formula is C29H31N5O2S. The predicted molar refractivity (Wildman–Crippen MR) is 151 cm³/mol. The number of anilines is 3. The minimum Gasteiger partial charge on any atom is -0.437 e. The molecule has 1 aliphatic rings. The summed E-state index contributed by atoms with van der Waals surface area (Å²) in [7, 11) is 0. The van der Waals surface area contributed by atoms with E-state index in [0.717, 1.165) is 29.0 Å². The second kappa shape index (κ2) is 11.1. The van der Waals surface area contributed by atoms with Gasteiger partial charge in [0.2, 0.25) is 17.7 Å². The number of thiophene rings is 1. The summed E-state index contributed by atoms with van der Waals surface area (Å²) in [4.78, 5) is 23.5. The molecule has 0 saturated carbocycles. The van der Waals surface area contributed by atoms with Crippen LogP contribution in [0.1, 0.15) is 38.2 Å². The monoisotopic (exact) mass is 513 g/mol. The molecule has 190 valence electrons. The van der Waals surface area contributed by atoms with Crippen LogP contribution >= 0.6 is 11.3 Å². The minimum atomic E-state index is -0.279. The van der Waals surface area contributed by atoms with E-state index in [9.17, 15) is 4.79 Å². The molecule has 8 heteroatoms. The number of rotatable bonds is 8. The van der Waals surface area contributed by atoms with E-state index < -0.39 is 0 Å². The van der Waals surface area contributed by atoms with Gasteiger partial charge in [0.05, 0.1) is 5.52 Å². The molecule has 0 radical (unpaired) electrons. The minimum absolute atomic E-state index is 0.279. The van der Waals surface area contributed by atoms with Gasteiger partial charge in [0.15, 0.2) is 0 Å². The quantitative estimate of drug-likeness (QED) is 0.249. The molecule has 0 unspecified atom stereocenters. The maximum absolute atomic E-state index is 11.7. The standard InChI is InChI=1S/C29H31N5O2S/c1-4-26(35)30-23-6-5-7-24(18-23)36-28-27-25(14-17-37-27)32-29(33-28)31-22-10-8-20(9-11-22)21-12-15-34(16-13-21)19(2)3/h4-11,14,17-19,21H,1,12-13,15-16H2,2-3H3,(H,30,35)(H,31,32,33). The van der Waals surface area contributed by atoms with Crippen LogP contribution in [0.2, 0.25) is 0 Å². The lowest BCUT2D eigenvalue weighted by atomic mass is 9.89. The number of hydrogen-bond acceptors (Lipinski definition) is 7. The lowest BCUT2D eigenvalue weighted by Gasteiger charge is -2.34. The van der Waals surface area contributed by atoms with E-state index in [2.05, 4.69) is 70.2 Å². The third-order valence-corrected chi connectivity index (χ3v) is 7.56. The van der Waals surface area contributed by atoms with Gasteiger partial charge in [0.1, 0.15) is 10.4 Å². The van der Waals surface area contributed by atoms with Gasteiger partial charge in [-0.05, 0) is 93.0 Å². The Kier molecular flexibility index (Phi) is 7.48. The number of amides is 1. The summed E-state index contributed by atoms with van der Waals surface area (Å²) >= 11 is 1.52. The molecule has 2 N–H and O–H groups in total. The van der Waals surface area contributed by atoms with Crippen molar-refractivity contribution in [2.24, 2.45) is 0 Å². The Hall–Kier alpha value is -3.75. The van der Waals surface area contributed by atoms with Gasteiger partial charge >= 0.3 is 0 Å². The van der Waals surface area contributed by atoms with Crippen molar-refractivity contribution in [3.8, 4) is 11.6 Å². The molecule has 2 aromatic heterocycles. The first-order valence-corrected chi connectivity index (χ1v) is 13.4. The van der Waals surface area contributed by atoms with Crippen LogP contribution in [-0.2, 0) is 4.79 Å². The van der Waals surface area contributed by atoms with Gasteiger partial charge in [0.25, 0.3) is 0 Å². The fourth-order valence-corrected chi connectivity index (χ4v) is 5.38. The molecule has 7 nitrogen and oxygen atoms in total. The molecule has 0 aliphatic carbocycles. The van der Waals surface area contributed by atoms with Gasteiger partial charge in [-0.3, -0.25) is 4.79 Å². The molecule has 4 aromatic rings. The lowest BCUT2D eigenvalue weighted by Crippen LogP contribution is -2.37. The summed E-state index contributed by atoms with van der Waals surface area (Å²) in [6.07, 6.45) is 3.62. The molecule has 0 bridgehead atoms. The number of hydrogen-bond donors (Lipinski definition) is 2. The van der Waals surface area contributed by atoms with Gasteiger partial charge in [-0.2, -0.15) is 4.98 Å². The third kappa shape index (κ3) is 5.98. The van der Waals surface area contributed by atoms with Crippen LogP contribution < -0.4 is 15.4 Å². The number of ether oxygens (including phenoxy) is 1. The second-order valence-corrected chi connectivity index (χ2v) is 10.4. The summed E-state index contributed by atoms with van der Waals surface area (Å²) < 4.78 is 7.00. The van der Waals surface area contributed by atoms with Crippen LogP contribution in [-0.4, -0.2) is 39.9 Å². The smallest absolute Gasteiger partial charge is 0.247 e. The molecule has 2 aromatic carbocycles. The van der Waals surface area contributed by atoms with E-state index in [1.54, 1.807) is 12.1 Å². The van der Waals surface area contributed by atoms with Crippen molar-refractivity contribution in [2.45, 2.75) is 38.6 Å². The number of piperidine rings is 1. The van der Waals surface area contributed by atoms with Gasteiger partial charge < -0.3 is 20.3 Å². The number of likely N-dealkylation sites (tertiary alicyclic amines) is 1. The van der Waals surface area contributed by atoms with Crippen LogP contribution in [0.4, 0.5) is 17.3 Å². The molecule has 1 amide bonds. The molecular weight excluding hydrogens is 482 g/mol. The van der Waals surface area contributed by atoms with Crippen LogP contribution in [0.15, 0.2) is 72.6 Å². The molecule has 37 heavy (non-hydrogen) atoms. The Morgan fingerprint density at radius 3 is 2.62 bits per heavy atom. The first-order valence-electron chi connectivity index (χ1n) is 12.6. The van der Waals surface area contributed by atoms with E-state index in [4.69, 9.17) is 4.74 Å². The molecule has 0 spiro atoms. The summed E-state index contributed by atoms with van der Waals surface area (Å²) in [5, 5.41) is 8.05. The zero-order chi connectivity index (χ0) is 25.8. The summed E-state index contributed by atoms with van der Waals surface area (Å²) in [6.45, 7) is 10.3. The van der Waals surface area contributed by atoms with Crippen LogP contribution in [0, 0.1) is 0 Å². The van der Waals surface area contributed by atoms with E-state index >= 15 is 0 Å². The Morgan fingerprint density at radius 1 is 1.11 bits per heavy atom. The van der Waals surface area contributed by atoms with Crippen molar-refractivity contribution < 1.29 is 9.53 Å². The normalized spacial score (nSPS) is 14.6. The van der Waals surface area contributed by atoms with Crippen LogP contribution in [0.3, 0.4) is 0 Å². The first kappa shape index (κ1) is 24.9. The van der Waals surface area contributed by atoms with E-state index in [1.165, 1.54) is 35.8 Å². The average molecular weight is 514 g/mol. The van der Waals surface area contributed by atoms with Gasteiger partial charge in [-0.25, -0.2) is 4.98 Å². The highest BCUT2D eigenvalue weighted by atomic mass is 32.1. The van der Waals surface area contributed by atoms with Crippen molar-refractivity contribution in [3.05, 3.63) is 78.2 Å². The first-order chi connectivity index (χ1) is 18.0. The van der Waals surface area contributed by atoms with E-state index in [-0.39, 0.29) is 5.91 Å². The van der Waals surface area contributed by atoms with Crippen molar-refractivity contribution in [1.82, 2.24) is 14.9 Å². The van der Waals surface area contributed by atoms with Crippen molar-refractivity contribution >= 4 is 44.8 Å². The fraction of sp³-hybridized carbons (Fsp3) is 0.276. The largest absolute Gasteiger partial charge is 0.437 e. The number of carbonyl (C=O) groups excluding carboxylic acids is 1. The van der Waals surface area contributed by atoms with Crippen molar-refractivity contribution in [2.75, 3.05) is 23.7 Å². The maximum atomic E-state index is 11.7. The van der Waals surface area contributed by atoms with Gasteiger partial charge in [-0.1, -0.05) is 24.8 Å². The predicted octanol–water partition coefficient (Wildman–Crippen LogP) is 6.94. The molecule has 5 rings (SSSR count). The number of benzene rings is 2. The topological polar surface area (TPSA) is 79.4 Å². The van der Waals surface area contributed by atoms with E-state index in [1.807, 2.05) is 23.6 Å². The van der Waals surface area contributed by atoms with Crippen molar-refractivity contribution in [1.29, 1.82) is 0 Å². The summed E-state index contributed by atoms with van der Waals surface area (Å²) in [5.74, 6) is 1.82. The highest BCUT2D eigenvalue weighted by molar-refractivity contribution is 7.17. The van der Waals surface area contributed by atoms with Crippen molar-refractivity contribution in [3.63, 3.8) is 0 Å². The molecule has 1 aliphatic heterocycles. The average Bonchev–Trinajstić information content (AvgIpc) is 3.38. The zero-order valence-corrected chi connectivity index (χ0v) is 21.9. The number of fused-ring (bicyclic) bond motifs is 1. The third-order valence-electron chi connectivity index (χ3n) is 6.67. The Labute approximate surface area is 221 Å². The second-order valence-electron chi connectivity index (χ2n) is 9.46. The van der Waals surface area contributed by atoms with Crippen LogP contribution in [0.25, 0.3) is 10.2 Å². The summed E-state index contributed by atoms with van der Waals surface area (Å²) in [5.41, 5.74) is 3.74. The highest BCUT2D eigenvalue weighted by Gasteiger charge is 2.22. The Bertz CT molecular complexity index is 1390. The lowest BCUT2D eigenvalue weighted by molar-refractivity contribution is -0.111. The van der Waals surface area contributed by atoms with Gasteiger partial charge in [0, 0.05) is 23.5 Å². The number of nitrogens with zero attached hydrogens (tertiary/aromatic N) is 3. The number of nitrogens with one attached hydrogen (secondary N) is 2. The van der Waals surface area contributed by atoms with Crippen LogP contribution in [0.5, 0.6) is 11.6 Å². The highest BCUT2D eigenvalue weighted by Crippen LogP contribution is 2.34. The SMILES string of the molecule is C=CC(=O)Nc1cccc(Oc2nc(Nc3ccc(C4CCN(C(C)C)CC4)cc3)nc3ccsc23)c1. The van der Waals surface area contributed by atoms with E-state index in [0.29, 0.717) is 35.2 Å². The maximum Gasteiger partial charge on any atom is 0.247 e. The molecule has 3 heterocycles. The molecule has 1 saturated heterocycles. The Balaban J connectivity index is 1.31.